The molecule has 0 saturated carbocycles. The first-order valence-electron chi connectivity index (χ1n) is 4.06. The van der Waals surface area contributed by atoms with E-state index in [4.69, 9.17) is 16.7 Å². The van der Waals surface area contributed by atoms with Crippen LogP contribution in [0.3, 0.4) is 0 Å². The summed E-state index contributed by atoms with van der Waals surface area (Å²) in [6.07, 6.45) is 0.806. The van der Waals surface area contributed by atoms with E-state index in [1.165, 1.54) is 0 Å². The molecule has 4 nitrogen and oxygen atoms in total. The number of carbonyl (C=O) groups is 1. The average Bonchev–Trinajstić information content (AvgIpc) is 2.09. The quantitative estimate of drug-likeness (QED) is 0.866. The zero-order valence-corrected chi connectivity index (χ0v) is 9.57. The molecule has 0 saturated heterocycles. The van der Waals surface area contributed by atoms with Crippen molar-refractivity contribution in [2.45, 2.75) is 16.9 Å². The van der Waals surface area contributed by atoms with Crippen molar-refractivity contribution in [3.8, 4) is 0 Å². The van der Waals surface area contributed by atoms with Crippen molar-refractivity contribution < 1.29 is 23.1 Å². The fraction of sp³-hybridized carbons (Fsp3) is 0.250. The Kier molecular flexibility index (Phi) is 4.10. The zero-order valence-electron chi connectivity index (χ0n) is 7.99. The van der Waals surface area contributed by atoms with Gasteiger partial charge in [-0.3, -0.25) is 9.59 Å². The standard InChI is InChI=1S/C8H5ClF3NO3S/c9-5-1-4(17-8(10,11)12)2-13(7(5)16)3-6(14)15/h1-2H,3H2,(H,14,15). The van der Waals surface area contributed by atoms with Gasteiger partial charge in [0.2, 0.25) is 0 Å². The number of hydrogen-bond acceptors (Lipinski definition) is 3. The molecule has 0 bridgehead atoms. The molecule has 0 aliphatic carbocycles. The van der Waals surface area contributed by atoms with E-state index in [0.29, 0.717) is 4.57 Å². The Morgan fingerprint density at radius 3 is 2.59 bits per heavy atom. The van der Waals surface area contributed by atoms with E-state index >= 15 is 0 Å². The Hall–Kier alpha value is -1.15. The Morgan fingerprint density at radius 2 is 2.12 bits per heavy atom. The highest BCUT2D eigenvalue weighted by atomic mass is 35.5. The largest absolute Gasteiger partial charge is 0.480 e. The zero-order chi connectivity index (χ0) is 13.2. The molecule has 0 aliphatic heterocycles. The molecule has 0 unspecified atom stereocenters. The first kappa shape index (κ1) is 13.9. The van der Waals surface area contributed by atoms with Gasteiger partial charge in [0.25, 0.3) is 5.56 Å². The number of hydrogen-bond donors (Lipinski definition) is 1. The van der Waals surface area contributed by atoms with Crippen molar-refractivity contribution >= 4 is 29.3 Å². The summed E-state index contributed by atoms with van der Waals surface area (Å²) >= 11 is 4.95. The number of aromatic nitrogens is 1. The first-order valence-corrected chi connectivity index (χ1v) is 5.26. The van der Waals surface area contributed by atoms with Crippen LogP contribution in [0, 0.1) is 0 Å². The molecule has 0 amide bonds. The fourth-order valence-corrected chi connectivity index (χ4v) is 1.94. The Morgan fingerprint density at radius 1 is 1.53 bits per heavy atom. The van der Waals surface area contributed by atoms with E-state index < -0.39 is 40.4 Å². The number of halogens is 4. The third-order valence-electron chi connectivity index (χ3n) is 1.56. The monoisotopic (exact) mass is 287 g/mol. The minimum Gasteiger partial charge on any atom is -0.480 e. The summed E-state index contributed by atoms with van der Waals surface area (Å²) in [7, 11) is 0. The second-order valence-corrected chi connectivity index (χ2v) is 4.44. The number of thioether (sulfide) groups is 1. The molecule has 0 radical (unpaired) electrons. The summed E-state index contributed by atoms with van der Waals surface area (Å²) in [5.74, 6) is -1.35. The van der Waals surface area contributed by atoms with Crippen molar-refractivity contribution in [2.75, 3.05) is 0 Å². The Labute approximate surface area is 102 Å². The van der Waals surface area contributed by atoms with Crippen LogP contribution in [0.4, 0.5) is 13.2 Å². The highest BCUT2D eigenvalue weighted by Gasteiger charge is 2.29. The summed E-state index contributed by atoms with van der Waals surface area (Å²) in [5, 5.41) is 8.02. The van der Waals surface area contributed by atoms with Crippen LogP contribution in [0.2, 0.25) is 5.02 Å². The summed E-state index contributed by atoms with van der Waals surface area (Å²) in [6, 6.07) is 0.848. The number of aliphatic carboxylic acids is 1. The second kappa shape index (κ2) is 5.01. The normalized spacial score (nSPS) is 11.5. The third kappa shape index (κ3) is 4.31. The van der Waals surface area contributed by atoms with Crippen LogP contribution >= 0.6 is 23.4 Å². The molecule has 1 rings (SSSR count). The average molecular weight is 288 g/mol. The Balaban J connectivity index is 3.14. The molecule has 9 heteroatoms. The van der Waals surface area contributed by atoms with Gasteiger partial charge in [-0.2, -0.15) is 13.2 Å². The van der Waals surface area contributed by atoms with Crippen molar-refractivity contribution in [1.29, 1.82) is 0 Å². The van der Waals surface area contributed by atoms with Crippen molar-refractivity contribution in [3.05, 3.63) is 27.6 Å². The van der Waals surface area contributed by atoms with E-state index in [2.05, 4.69) is 0 Å². The molecular formula is C8H5ClF3NO3S. The van der Waals surface area contributed by atoms with Crippen LogP contribution < -0.4 is 5.56 Å². The lowest BCUT2D eigenvalue weighted by atomic mass is 10.4. The van der Waals surface area contributed by atoms with Gasteiger partial charge >= 0.3 is 11.5 Å². The summed E-state index contributed by atoms with van der Waals surface area (Å²) in [6.45, 7) is -0.745. The van der Waals surface area contributed by atoms with Gasteiger partial charge in [0, 0.05) is 11.1 Å². The molecule has 0 fully saturated rings. The maximum absolute atomic E-state index is 12.1. The topological polar surface area (TPSA) is 59.3 Å². The molecule has 0 atom stereocenters. The molecule has 94 valence electrons. The van der Waals surface area contributed by atoms with Crippen LogP contribution in [-0.4, -0.2) is 21.2 Å². The highest BCUT2D eigenvalue weighted by molar-refractivity contribution is 8.00. The van der Waals surface area contributed by atoms with Crippen molar-refractivity contribution in [1.82, 2.24) is 4.57 Å². The number of alkyl halides is 3. The molecule has 1 aromatic rings. The third-order valence-corrected chi connectivity index (χ3v) is 2.52. The number of pyridine rings is 1. The van der Waals surface area contributed by atoms with Gasteiger partial charge in [-0.05, 0) is 17.8 Å². The molecular weight excluding hydrogens is 283 g/mol. The van der Waals surface area contributed by atoms with Gasteiger partial charge < -0.3 is 9.67 Å². The first-order chi connectivity index (χ1) is 7.69. The highest BCUT2D eigenvalue weighted by Crippen LogP contribution is 2.36. The predicted molar refractivity (Wildman–Crippen MR) is 55.3 cm³/mol. The van der Waals surface area contributed by atoms with Crippen molar-refractivity contribution in [3.63, 3.8) is 0 Å². The lowest BCUT2D eigenvalue weighted by Gasteiger charge is -2.08. The minimum absolute atomic E-state index is 0.344. The van der Waals surface area contributed by atoms with Crippen LogP contribution in [0.25, 0.3) is 0 Å². The van der Waals surface area contributed by atoms with Crippen molar-refractivity contribution in [2.24, 2.45) is 0 Å². The lowest BCUT2D eigenvalue weighted by Crippen LogP contribution is -2.24. The summed E-state index contributed by atoms with van der Waals surface area (Å²) in [5.41, 5.74) is -5.38. The number of rotatable bonds is 3. The van der Waals surface area contributed by atoms with E-state index in [-0.39, 0.29) is 4.90 Å². The fourth-order valence-electron chi connectivity index (χ4n) is 1.03. The molecule has 0 spiro atoms. The molecule has 1 aromatic heterocycles. The molecule has 1 N–H and O–H groups in total. The van der Waals surface area contributed by atoms with Crippen LogP contribution in [-0.2, 0) is 11.3 Å². The maximum atomic E-state index is 12.1. The molecule has 0 aliphatic rings. The van der Waals surface area contributed by atoms with Gasteiger partial charge in [0.15, 0.2) is 0 Å². The SMILES string of the molecule is O=C(O)Cn1cc(SC(F)(F)F)cc(Cl)c1=O. The second-order valence-electron chi connectivity index (χ2n) is 2.90. The van der Waals surface area contributed by atoms with Gasteiger partial charge in [-0.25, -0.2) is 0 Å². The Bertz CT molecular complexity index is 500. The molecule has 17 heavy (non-hydrogen) atoms. The van der Waals surface area contributed by atoms with Crippen LogP contribution in [0.5, 0.6) is 0 Å². The van der Waals surface area contributed by atoms with E-state index in [1.807, 2.05) is 0 Å². The summed E-state index contributed by atoms with van der Waals surface area (Å²) < 4.78 is 36.9. The minimum atomic E-state index is -4.53. The van der Waals surface area contributed by atoms with Crippen LogP contribution in [0.1, 0.15) is 0 Å². The number of nitrogens with zero attached hydrogens (tertiary/aromatic N) is 1. The van der Waals surface area contributed by atoms with E-state index in [9.17, 15) is 22.8 Å². The van der Waals surface area contributed by atoms with E-state index in [0.717, 1.165) is 12.3 Å². The lowest BCUT2D eigenvalue weighted by molar-refractivity contribution is -0.137. The van der Waals surface area contributed by atoms with Gasteiger partial charge in [0.05, 0.1) is 0 Å². The van der Waals surface area contributed by atoms with E-state index in [1.54, 1.807) is 0 Å². The molecule has 0 aromatic carbocycles. The smallest absolute Gasteiger partial charge is 0.446 e. The van der Waals surface area contributed by atoms with Crippen LogP contribution in [0.15, 0.2) is 22.0 Å². The van der Waals surface area contributed by atoms with Gasteiger partial charge in [0.1, 0.15) is 11.6 Å². The predicted octanol–water partition coefficient (Wildman–Crippen LogP) is 2.20. The van der Waals surface area contributed by atoms with Gasteiger partial charge in [-0.1, -0.05) is 11.6 Å². The van der Waals surface area contributed by atoms with Gasteiger partial charge in [-0.15, -0.1) is 0 Å². The number of carboxylic acid groups (broad SMARTS) is 1. The number of carboxylic acids is 1. The summed E-state index contributed by atoms with van der Waals surface area (Å²) in [4.78, 5) is 21.4. The molecule has 1 heterocycles. The maximum Gasteiger partial charge on any atom is 0.446 e.